The highest BCUT2D eigenvalue weighted by atomic mass is 17.2. The Balaban J connectivity index is 1.24. The largest absolute Gasteiger partial charge is 0.462 e. The minimum Gasteiger partial charge on any atom is -0.462 e. The van der Waals surface area contributed by atoms with Crippen molar-refractivity contribution >= 4 is 5.97 Å². The Hall–Kier alpha value is -0.650. The number of ether oxygens (including phenoxy) is 2. The molecule has 0 aromatic carbocycles. The smallest absolute Gasteiger partial charge is 0.302 e. The van der Waals surface area contributed by atoms with Crippen LogP contribution in [0.15, 0.2) is 0 Å². The molecule has 3 saturated heterocycles. The molecule has 5 nitrogen and oxygen atoms in total. The van der Waals surface area contributed by atoms with Crippen LogP contribution < -0.4 is 0 Å². The van der Waals surface area contributed by atoms with Crippen molar-refractivity contribution in [3.63, 3.8) is 0 Å². The summed E-state index contributed by atoms with van der Waals surface area (Å²) in [6, 6.07) is 0. The monoisotopic (exact) mass is 488 g/mol. The van der Waals surface area contributed by atoms with E-state index in [1.165, 1.54) is 32.6 Å². The van der Waals surface area contributed by atoms with Crippen LogP contribution in [0.5, 0.6) is 0 Å². The van der Waals surface area contributed by atoms with Crippen LogP contribution in [0, 0.1) is 46.3 Å². The first kappa shape index (κ1) is 24.7. The van der Waals surface area contributed by atoms with Crippen molar-refractivity contribution in [1.82, 2.24) is 0 Å². The van der Waals surface area contributed by atoms with Crippen LogP contribution in [-0.2, 0) is 24.0 Å². The first-order valence-electron chi connectivity index (χ1n) is 14.7. The molecule has 2 spiro atoms. The Morgan fingerprint density at radius 2 is 1.66 bits per heavy atom. The molecule has 7 rings (SSSR count). The van der Waals surface area contributed by atoms with Gasteiger partial charge in [-0.1, -0.05) is 41.5 Å². The molecule has 0 amide bonds. The van der Waals surface area contributed by atoms with Gasteiger partial charge in [0.2, 0.25) is 0 Å². The molecule has 5 heteroatoms. The normalized spacial score (nSPS) is 53.9. The number of epoxide rings is 1. The predicted octanol–water partition coefficient (Wildman–Crippen LogP) is 6.48. The Morgan fingerprint density at radius 3 is 2.31 bits per heavy atom. The number of hydrogen-bond acceptors (Lipinski definition) is 5. The van der Waals surface area contributed by atoms with E-state index >= 15 is 0 Å². The lowest BCUT2D eigenvalue weighted by Crippen LogP contribution is -2.75. The fraction of sp³-hybridized carbons (Fsp3) is 0.967. The maximum absolute atomic E-state index is 11.7. The highest BCUT2D eigenvalue weighted by Crippen LogP contribution is 2.75. The fourth-order valence-electron chi connectivity index (χ4n) is 10.5. The van der Waals surface area contributed by atoms with E-state index in [1.54, 1.807) is 0 Å². The Labute approximate surface area is 212 Å². The van der Waals surface area contributed by atoms with Crippen molar-refractivity contribution in [3.05, 3.63) is 0 Å². The maximum Gasteiger partial charge on any atom is 0.302 e. The Kier molecular flexibility index (Phi) is 5.59. The molecule has 3 heterocycles. The zero-order valence-electron chi connectivity index (χ0n) is 23.1. The topological polar surface area (TPSA) is 57.3 Å². The second-order valence-electron chi connectivity index (χ2n) is 14.4. The maximum atomic E-state index is 11.7. The molecule has 3 aliphatic heterocycles. The first-order chi connectivity index (χ1) is 16.5. The summed E-state index contributed by atoms with van der Waals surface area (Å²) in [5.41, 5.74) is -0.0672. The second kappa shape index (κ2) is 7.93. The second-order valence-corrected chi connectivity index (χ2v) is 14.4. The minimum absolute atomic E-state index is 0.0416. The molecule has 2 bridgehead atoms. The molecule has 0 aromatic rings. The van der Waals surface area contributed by atoms with Crippen LogP contribution in [0.1, 0.15) is 106 Å². The first-order valence-corrected chi connectivity index (χ1v) is 14.7. The molecule has 7 fully saturated rings. The van der Waals surface area contributed by atoms with Gasteiger partial charge < -0.3 is 9.47 Å². The predicted molar refractivity (Wildman–Crippen MR) is 133 cm³/mol. The zero-order chi connectivity index (χ0) is 25.0. The Bertz CT molecular complexity index is 861. The highest BCUT2D eigenvalue weighted by molar-refractivity contribution is 5.66. The number of fused-ring (bicyclic) bond motifs is 3. The van der Waals surface area contributed by atoms with Gasteiger partial charge in [-0.25, -0.2) is 9.78 Å². The van der Waals surface area contributed by atoms with Crippen molar-refractivity contribution in [3.8, 4) is 0 Å². The van der Waals surface area contributed by atoms with E-state index < -0.39 is 0 Å². The van der Waals surface area contributed by atoms with Crippen LogP contribution in [0.25, 0.3) is 0 Å². The lowest BCUT2D eigenvalue weighted by Gasteiger charge is -2.72. The van der Waals surface area contributed by atoms with Gasteiger partial charge in [-0.05, 0) is 92.3 Å². The molecule has 12 atom stereocenters. The number of rotatable bonds is 5. The van der Waals surface area contributed by atoms with E-state index in [4.69, 9.17) is 19.2 Å². The lowest BCUT2D eigenvalue weighted by atomic mass is 9.40. The average Bonchev–Trinajstić information content (AvgIpc) is 3.52. The van der Waals surface area contributed by atoms with Gasteiger partial charge in [0.15, 0.2) is 0 Å². The molecule has 0 N–H and O–H groups in total. The quantitative estimate of drug-likeness (QED) is 0.252. The van der Waals surface area contributed by atoms with Crippen LogP contribution in [0.4, 0.5) is 0 Å². The standard InChI is InChI=1S/C30H48O5/c1-17(2)18(3)25-26(33-25)19(4)22-8-9-23-27(22,6)12-11-24-28(7)13-10-21(32-20(5)31)16-29(28)14-15-30(23,24)35-34-29/h17-19,21-26H,8-16H2,1-7H3/t18-,19+,21-,22+,23-,24+,25-,26+,27-,28-,29-,30+/m1/s1. The third kappa shape index (κ3) is 3.25. The van der Waals surface area contributed by atoms with Gasteiger partial charge in [0.25, 0.3) is 0 Å². The number of hydrogen-bond donors (Lipinski definition) is 0. The van der Waals surface area contributed by atoms with E-state index in [1.807, 2.05) is 0 Å². The summed E-state index contributed by atoms with van der Waals surface area (Å²) >= 11 is 0. The number of carbonyl (C=O) groups excluding carboxylic acids is 1. The zero-order valence-corrected chi connectivity index (χ0v) is 23.1. The lowest BCUT2D eigenvalue weighted by molar-refractivity contribution is -0.536. The molecule has 4 aliphatic carbocycles. The van der Waals surface area contributed by atoms with Crippen LogP contribution in [0.3, 0.4) is 0 Å². The summed E-state index contributed by atoms with van der Waals surface area (Å²) in [6.07, 6.45) is 10.8. The SMILES string of the molecule is CC(=O)O[C@@H]1CC[C@]2(C)[C@@H]3CC[C@@]4(C)[C@@H](CC[C@H]4[C@H](C)[C@@H]4O[C@@H]4[C@H](C)C(C)C)[C@@]34CC[C@]2(C1)OO4. The van der Waals surface area contributed by atoms with Crippen molar-refractivity contribution in [2.24, 2.45) is 46.3 Å². The molecule has 7 aliphatic rings. The van der Waals surface area contributed by atoms with Gasteiger partial charge in [-0.3, -0.25) is 4.79 Å². The van der Waals surface area contributed by atoms with Crippen molar-refractivity contribution in [1.29, 1.82) is 0 Å². The highest BCUT2D eigenvalue weighted by Gasteiger charge is 2.76. The molecule has 0 aromatic heterocycles. The third-order valence-corrected chi connectivity index (χ3v) is 12.8. The van der Waals surface area contributed by atoms with Gasteiger partial charge in [0, 0.05) is 18.8 Å². The summed E-state index contributed by atoms with van der Waals surface area (Å²) in [5.74, 6) is 3.51. The third-order valence-electron chi connectivity index (χ3n) is 12.8. The summed E-state index contributed by atoms with van der Waals surface area (Å²) in [6.45, 7) is 16.1. The van der Waals surface area contributed by atoms with Crippen LogP contribution >= 0.6 is 0 Å². The summed E-state index contributed by atoms with van der Waals surface area (Å²) in [4.78, 5) is 24.8. The Morgan fingerprint density at radius 1 is 0.886 bits per heavy atom. The summed E-state index contributed by atoms with van der Waals surface area (Å²) < 4.78 is 12.0. The minimum atomic E-state index is -0.307. The van der Waals surface area contributed by atoms with Gasteiger partial charge >= 0.3 is 5.97 Å². The van der Waals surface area contributed by atoms with Gasteiger partial charge in [0.05, 0.1) is 12.2 Å². The molecule has 198 valence electrons. The van der Waals surface area contributed by atoms with Crippen molar-refractivity contribution < 1.29 is 24.0 Å². The molecule has 0 radical (unpaired) electrons. The molecule has 35 heavy (non-hydrogen) atoms. The van der Waals surface area contributed by atoms with E-state index in [0.29, 0.717) is 53.1 Å². The van der Waals surface area contributed by atoms with Gasteiger partial charge in [-0.15, -0.1) is 0 Å². The van der Waals surface area contributed by atoms with E-state index in [0.717, 1.165) is 32.1 Å². The van der Waals surface area contributed by atoms with E-state index in [2.05, 4.69) is 41.5 Å². The van der Waals surface area contributed by atoms with Crippen molar-refractivity contribution in [2.45, 2.75) is 136 Å². The van der Waals surface area contributed by atoms with Gasteiger partial charge in [0.1, 0.15) is 17.3 Å². The summed E-state index contributed by atoms with van der Waals surface area (Å²) in [5, 5.41) is 0. The summed E-state index contributed by atoms with van der Waals surface area (Å²) in [7, 11) is 0. The molecule has 4 saturated carbocycles. The van der Waals surface area contributed by atoms with Gasteiger partial charge in [-0.2, -0.15) is 0 Å². The van der Waals surface area contributed by atoms with Crippen LogP contribution in [-0.4, -0.2) is 35.5 Å². The number of carbonyl (C=O) groups is 1. The molecule has 0 unspecified atom stereocenters. The fourth-order valence-corrected chi connectivity index (χ4v) is 10.5. The van der Waals surface area contributed by atoms with Crippen LogP contribution in [0.2, 0.25) is 0 Å². The van der Waals surface area contributed by atoms with E-state index in [-0.39, 0.29) is 28.7 Å². The molecular formula is C30H48O5. The van der Waals surface area contributed by atoms with E-state index in [9.17, 15) is 4.79 Å². The van der Waals surface area contributed by atoms with Crippen molar-refractivity contribution in [2.75, 3.05) is 0 Å². The average molecular weight is 489 g/mol. The molecular weight excluding hydrogens is 440 g/mol. The number of esters is 1.